The first-order valence-corrected chi connectivity index (χ1v) is 8.65. The largest absolute Gasteiger partial charge is 0.472 e. The van der Waals surface area contributed by atoms with Crippen molar-refractivity contribution in [2.45, 2.75) is 32.8 Å². The maximum absolute atomic E-state index is 13.0. The third kappa shape index (κ3) is 2.81. The first kappa shape index (κ1) is 14.6. The number of aromatic nitrogens is 2. The molecule has 3 nitrogen and oxygen atoms in total. The number of hydrogen-bond acceptors (Lipinski definition) is 4. The highest BCUT2D eigenvalue weighted by molar-refractivity contribution is 7.18. The Balaban J connectivity index is 1.66. The Kier molecular flexibility index (Phi) is 3.73. The van der Waals surface area contributed by atoms with Crippen molar-refractivity contribution in [3.8, 4) is 5.88 Å². The minimum Gasteiger partial charge on any atom is -0.472 e. The molecule has 0 radical (unpaired) electrons. The van der Waals surface area contributed by atoms with Gasteiger partial charge in [-0.2, -0.15) is 0 Å². The van der Waals surface area contributed by atoms with Crippen LogP contribution in [0.25, 0.3) is 10.2 Å². The Labute approximate surface area is 138 Å². The van der Waals surface area contributed by atoms with Gasteiger partial charge in [0.15, 0.2) is 0 Å². The monoisotopic (exact) mass is 328 g/mol. The van der Waals surface area contributed by atoms with Crippen LogP contribution in [0, 0.1) is 11.7 Å². The van der Waals surface area contributed by atoms with Crippen molar-refractivity contribution in [3.63, 3.8) is 0 Å². The standard InChI is InChI=1S/C18H17FN2OS/c1-11-2-7-14-15(8-11)23-18-16(14)17(20-10-21-18)22-9-12-3-5-13(19)6-4-12/h3-6,10-11H,2,7-9H2,1H3. The van der Waals surface area contributed by atoms with Crippen LogP contribution in [0.3, 0.4) is 0 Å². The molecule has 1 atom stereocenters. The zero-order valence-electron chi connectivity index (χ0n) is 12.9. The van der Waals surface area contributed by atoms with E-state index in [9.17, 15) is 4.39 Å². The van der Waals surface area contributed by atoms with E-state index in [0.717, 1.165) is 34.5 Å². The van der Waals surface area contributed by atoms with Crippen LogP contribution in [-0.4, -0.2) is 9.97 Å². The van der Waals surface area contributed by atoms with Gasteiger partial charge in [-0.1, -0.05) is 19.1 Å². The molecule has 2 heterocycles. The van der Waals surface area contributed by atoms with Gasteiger partial charge in [0.1, 0.15) is 23.6 Å². The summed E-state index contributed by atoms with van der Waals surface area (Å²) in [6.45, 7) is 2.68. The van der Waals surface area contributed by atoms with Gasteiger partial charge in [-0.3, -0.25) is 0 Å². The van der Waals surface area contributed by atoms with E-state index in [1.807, 2.05) is 0 Å². The summed E-state index contributed by atoms with van der Waals surface area (Å²) >= 11 is 1.76. The molecule has 1 aliphatic rings. The van der Waals surface area contributed by atoms with Gasteiger partial charge in [0, 0.05) is 4.88 Å². The molecule has 2 aromatic heterocycles. The fourth-order valence-electron chi connectivity index (χ4n) is 3.09. The number of hydrogen-bond donors (Lipinski definition) is 0. The maximum atomic E-state index is 13.0. The lowest BCUT2D eigenvalue weighted by Gasteiger charge is -2.18. The maximum Gasteiger partial charge on any atom is 0.225 e. The van der Waals surface area contributed by atoms with Gasteiger partial charge in [-0.15, -0.1) is 11.3 Å². The molecule has 0 spiro atoms. The average Bonchev–Trinajstić information content (AvgIpc) is 2.92. The molecule has 5 heteroatoms. The molecule has 0 saturated carbocycles. The number of fused-ring (bicyclic) bond motifs is 3. The summed E-state index contributed by atoms with van der Waals surface area (Å²) in [6, 6.07) is 6.36. The first-order valence-electron chi connectivity index (χ1n) is 7.83. The Morgan fingerprint density at radius 3 is 2.91 bits per heavy atom. The van der Waals surface area contributed by atoms with Crippen molar-refractivity contribution in [1.29, 1.82) is 0 Å². The van der Waals surface area contributed by atoms with Gasteiger partial charge < -0.3 is 4.74 Å². The van der Waals surface area contributed by atoms with Gasteiger partial charge in [0.2, 0.25) is 5.88 Å². The van der Waals surface area contributed by atoms with Crippen LogP contribution in [0.5, 0.6) is 5.88 Å². The topological polar surface area (TPSA) is 35.0 Å². The number of aryl methyl sites for hydroxylation is 1. The normalized spacial score (nSPS) is 17.2. The lowest BCUT2D eigenvalue weighted by Crippen LogP contribution is -2.09. The second-order valence-corrected chi connectivity index (χ2v) is 7.21. The van der Waals surface area contributed by atoms with Crippen LogP contribution in [0.1, 0.15) is 29.3 Å². The average molecular weight is 328 g/mol. The summed E-state index contributed by atoms with van der Waals surface area (Å²) in [5.41, 5.74) is 2.29. The molecule has 0 aliphatic heterocycles. The Hall–Kier alpha value is -2.01. The summed E-state index contributed by atoms with van der Waals surface area (Å²) in [4.78, 5) is 11.2. The minimum atomic E-state index is -0.237. The quantitative estimate of drug-likeness (QED) is 0.708. The van der Waals surface area contributed by atoms with Gasteiger partial charge in [-0.25, -0.2) is 14.4 Å². The number of ether oxygens (including phenoxy) is 1. The summed E-state index contributed by atoms with van der Waals surface area (Å²) in [6.07, 6.45) is 4.95. The third-order valence-corrected chi connectivity index (χ3v) is 5.51. The van der Waals surface area contributed by atoms with E-state index >= 15 is 0 Å². The lowest BCUT2D eigenvalue weighted by atomic mass is 9.89. The molecule has 0 bridgehead atoms. The number of halogens is 1. The molecule has 1 unspecified atom stereocenters. The predicted octanol–water partition coefficient (Wildman–Crippen LogP) is 4.53. The summed E-state index contributed by atoms with van der Waals surface area (Å²) in [5, 5.41) is 1.07. The molecule has 0 amide bonds. The molecular weight excluding hydrogens is 311 g/mol. The van der Waals surface area contributed by atoms with Crippen LogP contribution < -0.4 is 4.74 Å². The minimum absolute atomic E-state index is 0.237. The van der Waals surface area contributed by atoms with Crippen molar-refractivity contribution >= 4 is 21.6 Å². The summed E-state index contributed by atoms with van der Waals surface area (Å²) in [5.74, 6) is 1.14. The van der Waals surface area contributed by atoms with Crippen molar-refractivity contribution in [2.24, 2.45) is 5.92 Å². The second kappa shape index (κ2) is 5.89. The Morgan fingerprint density at radius 1 is 1.26 bits per heavy atom. The van der Waals surface area contributed by atoms with Crippen LogP contribution in [0.15, 0.2) is 30.6 Å². The number of nitrogens with zero attached hydrogens (tertiary/aromatic N) is 2. The summed E-state index contributed by atoms with van der Waals surface area (Å²) in [7, 11) is 0. The molecular formula is C18H17FN2OS. The van der Waals surface area contributed by atoms with Crippen LogP contribution in [-0.2, 0) is 19.4 Å². The molecule has 1 aliphatic carbocycles. The van der Waals surface area contributed by atoms with E-state index in [1.165, 1.54) is 29.0 Å². The van der Waals surface area contributed by atoms with Crippen molar-refractivity contribution < 1.29 is 9.13 Å². The smallest absolute Gasteiger partial charge is 0.225 e. The summed E-state index contributed by atoms with van der Waals surface area (Å²) < 4.78 is 18.9. The number of benzene rings is 1. The van der Waals surface area contributed by atoms with E-state index in [0.29, 0.717) is 12.5 Å². The van der Waals surface area contributed by atoms with E-state index < -0.39 is 0 Å². The second-order valence-electron chi connectivity index (χ2n) is 6.13. The zero-order chi connectivity index (χ0) is 15.8. The fraction of sp³-hybridized carbons (Fsp3) is 0.333. The van der Waals surface area contributed by atoms with E-state index in [2.05, 4.69) is 16.9 Å². The molecule has 4 rings (SSSR count). The SMILES string of the molecule is CC1CCc2c(sc3ncnc(OCc4ccc(F)cc4)c23)C1. The predicted molar refractivity (Wildman–Crippen MR) is 89.3 cm³/mol. The van der Waals surface area contributed by atoms with E-state index in [1.54, 1.807) is 29.8 Å². The van der Waals surface area contributed by atoms with Crippen molar-refractivity contribution in [1.82, 2.24) is 9.97 Å². The van der Waals surface area contributed by atoms with Crippen LogP contribution >= 0.6 is 11.3 Å². The molecule has 0 fully saturated rings. The Morgan fingerprint density at radius 2 is 2.09 bits per heavy atom. The fourth-order valence-corrected chi connectivity index (χ4v) is 4.43. The van der Waals surface area contributed by atoms with Crippen molar-refractivity contribution in [2.75, 3.05) is 0 Å². The zero-order valence-corrected chi connectivity index (χ0v) is 13.7. The molecule has 1 aromatic carbocycles. The van der Waals surface area contributed by atoms with Gasteiger partial charge in [0.25, 0.3) is 0 Å². The van der Waals surface area contributed by atoms with E-state index in [4.69, 9.17) is 4.74 Å². The Bertz CT molecular complexity index is 844. The van der Waals surface area contributed by atoms with E-state index in [-0.39, 0.29) is 5.82 Å². The van der Waals surface area contributed by atoms with Crippen LogP contribution in [0.2, 0.25) is 0 Å². The van der Waals surface area contributed by atoms with Gasteiger partial charge in [-0.05, 0) is 48.4 Å². The molecule has 3 aromatic rings. The third-order valence-electron chi connectivity index (χ3n) is 4.35. The lowest BCUT2D eigenvalue weighted by molar-refractivity contribution is 0.297. The van der Waals surface area contributed by atoms with Crippen molar-refractivity contribution in [3.05, 3.63) is 52.4 Å². The highest BCUT2D eigenvalue weighted by Gasteiger charge is 2.23. The number of rotatable bonds is 3. The number of thiophene rings is 1. The van der Waals surface area contributed by atoms with Crippen LogP contribution in [0.4, 0.5) is 4.39 Å². The molecule has 118 valence electrons. The molecule has 0 saturated heterocycles. The molecule has 0 N–H and O–H groups in total. The van der Waals surface area contributed by atoms with Gasteiger partial charge in [0.05, 0.1) is 5.39 Å². The highest BCUT2D eigenvalue weighted by atomic mass is 32.1. The first-order chi connectivity index (χ1) is 11.2. The highest BCUT2D eigenvalue weighted by Crippen LogP contribution is 2.40. The molecule has 23 heavy (non-hydrogen) atoms. The van der Waals surface area contributed by atoms with Gasteiger partial charge >= 0.3 is 0 Å².